The molecule has 14 amide bonds. The van der Waals surface area contributed by atoms with Gasteiger partial charge < -0.3 is 104 Å². The highest BCUT2D eigenvalue weighted by atomic mass is 32.2. The monoisotopic (exact) mass is 1640 g/mol. The number of nitrogens with zero attached hydrogens (tertiary/aromatic N) is 3. The molecule has 630 valence electrons. The molecule has 3 aromatic carbocycles. The normalized spacial score (nSPS) is 25.5. The van der Waals surface area contributed by atoms with Crippen molar-refractivity contribution in [3.8, 4) is 0 Å². The van der Waals surface area contributed by atoms with Gasteiger partial charge >= 0.3 is 18.1 Å². The number of aliphatic hydroxyl groups excluding tert-OH is 4. The van der Waals surface area contributed by atoms with Crippen LogP contribution in [0.5, 0.6) is 0 Å². The summed E-state index contributed by atoms with van der Waals surface area (Å²) in [5.74, 6) is -23.6. The van der Waals surface area contributed by atoms with Crippen molar-refractivity contribution >= 4 is 112 Å². The molecular formula is C74H99F3N14O23S. The second-order valence-corrected chi connectivity index (χ2v) is 29.2. The number of hydrogen-bond donors (Lipinski definition) is 17. The van der Waals surface area contributed by atoms with Gasteiger partial charge in [-0.2, -0.15) is 24.9 Å². The smallest absolute Gasteiger partial charge is 0.416 e. The van der Waals surface area contributed by atoms with E-state index in [4.69, 9.17) is 5.73 Å². The second-order valence-electron chi connectivity index (χ2n) is 28.1. The number of ketones is 1. The van der Waals surface area contributed by atoms with Crippen molar-refractivity contribution in [3.05, 3.63) is 107 Å². The molecule has 37 nitrogen and oxygen atoms in total. The number of nitrogens with two attached hydrogens (primary N) is 1. The molecule has 0 saturated carbocycles. The molecule has 3 aromatic rings. The molecule has 0 spiro atoms. The summed E-state index contributed by atoms with van der Waals surface area (Å²) in [5, 5.41) is 86.2. The Morgan fingerprint density at radius 3 is 1.57 bits per heavy atom. The van der Waals surface area contributed by atoms with Gasteiger partial charge in [0.05, 0.1) is 61.7 Å². The maximum absolute atomic E-state index is 15.0. The number of hydrogen-bond acceptors (Lipinski definition) is 22. The predicted molar refractivity (Wildman–Crippen MR) is 400 cm³/mol. The first kappa shape index (κ1) is 94.4. The highest BCUT2D eigenvalue weighted by Crippen LogP contribution is 2.30. The van der Waals surface area contributed by atoms with Crippen molar-refractivity contribution < 1.29 is 125 Å². The molecule has 0 aromatic heterocycles. The lowest BCUT2D eigenvalue weighted by molar-refractivity contribution is -0.146. The summed E-state index contributed by atoms with van der Waals surface area (Å²) in [6.07, 6.45) is -13.3. The molecule has 0 radical (unpaired) electrons. The lowest BCUT2D eigenvalue weighted by Gasteiger charge is -2.34. The molecule has 2 aliphatic rings. The predicted octanol–water partition coefficient (Wildman–Crippen LogP) is -4.57. The molecule has 18 N–H and O–H groups in total. The third kappa shape index (κ3) is 28.7. The Labute approximate surface area is 662 Å². The number of likely N-dealkylation sites (N-methyl/N-ethyl adjacent to an activating group) is 2. The fourth-order valence-corrected chi connectivity index (χ4v) is 13.3. The summed E-state index contributed by atoms with van der Waals surface area (Å²) in [4.78, 5) is 240. The average molecular weight is 1640 g/mol. The lowest BCUT2D eigenvalue weighted by Crippen LogP contribution is -2.64. The van der Waals surface area contributed by atoms with Gasteiger partial charge in [0.2, 0.25) is 82.7 Å². The minimum atomic E-state index is -4.85. The maximum Gasteiger partial charge on any atom is 0.416 e. The molecule has 15 atom stereocenters. The van der Waals surface area contributed by atoms with Gasteiger partial charge in [-0.3, -0.25) is 81.5 Å². The molecule has 2 aliphatic heterocycles. The molecule has 2 fully saturated rings. The van der Waals surface area contributed by atoms with Crippen molar-refractivity contribution in [2.24, 2.45) is 17.6 Å². The van der Waals surface area contributed by atoms with Crippen LogP contribution in [0.3, 0.4) is 0 Å². The number of carbonyl (C=O) groups is 17. The van der Waals surface area contributed by atoms with Crippen molar-refractivity contribution in [3.63, 3.8) is 0 Å². The first-order chi connectivity index (χ1) is 54.1. The summed E-state index contributed by atoms with van der Waals surface area (Å²) in [6, 6.07) is -3.11. The lowest BCUT2D eigenvalue weighted by atomic mass is 9.97. The Balaban J connectivity index is 1.61. The van der Waals surface area contributed by atoms with Gasteiger partial charge in [-0.05, 0) is 74.8 Å². The number of Topliss-reactive ketones (excluding diaryl/α,β-unsaturated/α-hetero) is 1. The van der Waals surface area contributed by atoms with Crippen LogP contribution in [-0.2, 0) is 107 Å². The summed E-state index contributed by atoms with van der Waals surface area (Å²) < 4.78 is 41.6. The van der Waals surface area contributed by atoms with E-state index in [1.165, 1.54) is 26.0 Å². The fourth-order valence-electron chi connectivity index (χ4n) is 12.3. The Bertz CT molecular complexity index is 3980. The number of carboxylic acid groups (broad SMARTS) is 2. The summed E-state index contributed by atoms with van der Waals surface area (Å²) >= 11 is 0.772. The Morgan fingerprint density at radius 1 is 0.557 bits per heavy atom. The SMILES string of the molecule is CC(C)[C@@H]1NC(=O)[C@H](Cc2ccccc2)NC(=O)CSC[C@@H](C(=O)NCC(N)=O)CC(=O)[C@@H]2CCCN2C(=O)[C@H](CO)NC(=O)[C@H](CCC(=O)O)NC(=O)[C@H](C)N(C)C(=O)[C@H](Cc2ccc(C(F)(F)F)cc2)NC(=O)[C@H](Cc2ccccc2)N(C)C(=O)[C@H](CO)NC(=O)[C@H]([C@@H](C)O)NC(=O)[C@H]([C@@H](C)O)NC(=O)[C@H](CC(=O)O)NC1=O. The van der Waals surface area contributed by atoms with Gasteiger partial charge in [0.25, 0.3) is 0 Å². The average Bonchev–Trinajstić information content (AvgIpc) is 1.56. The summed E-state index contributed by atoms with van der Waals surface area (Å²) in [5.41, 5.74) is 4.98. The van der Waals surface area contributed by atoms with Crippen LogP contribution in [0.2, 0.25) is 0 Å². The summed E-state index contributed by atoms with van der Waals surface area (Å²) in [7, 11) is 2.07. The number of carboxylic acids is 2. The standard InChI is InChI=1S/C74H99F3N14O23S/c1-37(2)59-68(109)82-48(31-58(101)102)66(107)87-61(40(5)95)70(111)88-60(39(4)94)69(110)85-50(33-92)72(113)90(7)53(29-42-17-12-9-13-18-42)67(108)83-49(28-43-20-22-45(23-21-43)74(75,76)77)71(112)89(6)38(3)62(103)81-46(24-25-57(99)100)64(105)84-51(34-93)73(114)91-26-14-19-52(91)54(96)30-44(63(104)79-32-55(78)97)35-115-36-56(98)80-47(65(106)86-59)27-41-15-10-8-11-16-41/h8-13,15-18,20-23,37-40,44,46-53,59-61,92-95H,14,19,24-36H2,1-7H3,(H2,78,97)(H,79,104)(H,80,98)(H,81,103)(H,82,109)(H,83,108)(H,84,105)(H,85,110)(H,86,106)(H,87,107)(H,88,111)(H,99,100)(H,101,102)/t38-,39+,40+,44-,46-,47-,48-,49-,50-,51-,52-,53-,59-,60-,61-/m0/s1. The van der Waals surface area contributed by atoms with Crippen LogP contribution in [0, 0.1) is 11.8 Å². The van der Waals surface area contributed by atoms with E-state index in [1.807, 2.05) is 0 Å². The zero-order valence-corrected chi connectivity index (χ0v) is 64.8. The van der Waals surface area contributed by atoms with Gasteiger partial charge in [-0.1, -0.05) is 86.6 Å². The van der Waals surface area contributed by atoms with E-state index in [2.05, 4.69) is 53.2 Å². The molecule has 2 heterocycles. The highest BCUT2D eigenvalue weighted by molar-refractivity contribution is 7.99. The number of aliphatic hydroxyl groups is 4. The molecular weight excluding hydrogens is 1540 g/mol. The molecule has 115 heavy (non-hydrogen) atoms. The first-order valence-corrected chi connectivity index (χ1v) is 37.7. The van der Waals surface area contributed by atoms with Gasteiger partial charge in [-0.25, -0.2) is 0 Å². The third-order valence-corrected chi connectivity index (χ3v) is 20.0. The van der Waals surface area contributed by atoms with E-state index < -0.39 is 273 Å². The largest absolute Gasteiger partial charge is 0.481 e. The third-order valence-electron chi connectivity index (χ3n) is 18.9. The van der Waals surface area contributed by atoms with Crippen LogP contribution < -0.4 is 58.9 Å². The molecule has 41 heteroatoms. The minimum Gasteiger partial charge on any atom is -0.481 e. The van der Waals surface area contributed by atoms with Crippen molar-refractivity contribution in [2.45, 2.75) is 183 Å². The van der Waals surface area contributed by atoms with Gasteiger partial charge in [0, 0.05) is 58.5 Å². The second kappa shape index (κ2) is 44.5. The number of primary amides is 1. The number of aliphatic carboxylic acids is 2. The quantitative estimate of drug-likeness (QED) is 0.0537. The number of amides is 14. The number of halogens is 3. The molecule has 0 unspecified atom stereocenters. The van der Waals surface area contributed by atoms with E-state index in [1.54, 1.807) is 48.5 Å². The van der Waals surface area contributed by atoms with E-state index >= 15 is 4.79 Å². The van der Waals surface area contributed by atoms with Crippen molar-refractivity contribution in [1.82, 2.24) is 67.9 Å². The van der Waals surface area contributed by atoms with Crippen LogP contribution in [0.25, 0.3) is 0 Å². The highest BCUT2D eigenvalue weighted by Gasteiger charge is 2.44. The number of benzene rings is 3. The molecule has 2 saturated heterocycles. The number of thioether (sulfide) groups is 1. The van der Waals surface area contributed by atoms with E-state index in [9.17, 15) is 121 Å². The zero-order chi connectivity index (χ0) is 85.9. The van der Waals surface area contributed by atoms with Gasteiger partial charge in [0.1, 0.15) is 66.5 Å². The molecule has 0 bridgehead atoms. The van der Waals surface area contributed by atoms with Gasteiger partial charge in [0.15, 0.2) is 5.78 Å². The van der Waals surface area contributed by atoms with E-state index in [-0.39, 0.29) is 37.1 Å². The van der Waals surface area contributed by atoms with Crippen LogP contribution in [-0.4, -0.2) is 282 Å². The number of fused-ring (bicyclic) bond motifs is 1. The number of alkyl halides is 3. The summed E-state index contributed by atoms with van der Waals surface area (Å²) in [6.45, 7) is 2.62. The van der Waals surface area contributed by atoms with E-state index in [0.29, 0.717) is 23.3 Å². The fraction of sp³-hybridized carbons (Fsp3) is 0.527. The molecule has 0 aliphatic carbocycles. The van der Waals surface area contributed by atoms with Crippen LogP contribution in [0.4, 0.5) is 13.2 Å². The van der Waals surface area contributed by atoms with Crippen LogP contribution in [0.15, 0.2) is 84.9 Å². The zero-order valence-electron chi connectivity index (χ0n) is 64.0. The number of rotatable bonds is 19. The van der Waals surface area contributed by atoms with E-state index in [0.717, 1.165) is 73.5 Å². The van der Waals surface area contributed by atoms with Crippen LogP contribution >= 0.6 is 11.8 Å². The van der Waals surface area contributed by atoms with Crippen molar-refractivity contribution in [1.29, 1.82) is 0 Å². The van der Waals surface area contributed by atoms with Crippen molar-refractivity contribution in [2.75, 3.05) is 51.9 Å². The Kier molecular flexibility index (Phi) is 36.5. The van der Waals surface area contributed by atoms with Crippen LogP contribution in [0.1, 0.15) is 95.4 Å². The Morgan fingerprint density at radius 2 is 1.03 bits per heavy atom. The topological polar surface area (TPSA) is 568 Å². The number of carbonyl (C=O) groups excluding carboxylic acids is 15. The Hall–Kier alpha value is -11.2. The maximum atomic E-state index is 15.0. The number of nitrogens with one attached hydrogen (secondary N) is 10. The molecule has 5 rings (SSSR count). The first-order valence-electron chi connectivity index (χ1n) is 36.6. The van der Waals surface area contributed by atoms with Gasteiger partial charge in [-0.15, -0.1) is 0 Å². The minimum absolute atomic E-state index is 0.0258.